The van der Waals surface area contributed by atoms with E-state index in [4.69, 9.17) is 4.74 Å². The fourth-order valence-corrected chi connectivity index (χ4v) is 2.39. The van der Waals surface area contributed by atoms with Crippen LogP contribution in [0.3, 0.4) is 0 Å². The van der Waals surface area contributed by atoms with Gasteiger partial charge in [-0.1, -0.05) is 13.0 Å². The number of rotatable bonds is 8. The summed E-state index contributed by atoms with van der Waals surface area (Å²) in [5.74, 6) is 0.866. The first-order chi connectivity index (χ1) is 7.30. The second-order valence-electron chi connectivity index (χ2n) is 4.43. The van der Waals surface area contributed by atoms with Crippen LogP contribution in [-0.4, -0.2) is 25.3 Å². The zero-order chi connectivity index (χ0) is 11.1. The molecule has 0 spiro atoms. The van der Waals surface area contributed by atoms with Crippen LogP contribution in [0.15, 0.2) is 12.7 Å². The average Bonchev–Trinajstić information content (AvgIpc) is 2.15. The minimum atomic E-state index is 0.547. The van der Waals surface area contributed by atoms with E-state index in [1.54, 1.807) is 0 Å². The standard InChI is InChI=1S/C13H25NO/c1-4-7-12(14-5-2)8-11-9-13(10-11)15-6-3/h4,11-14H,1,5-10H2,2-3H3. The molecule has 0 aromatic heterocycles. The molecule has 0 aromatic carbocycles. The van der Waals surface area contributed by atoms with Gasteiger partial charge in [-0.3, -0.25) is 0 Å². The lowest BCUT2D eigenvalue weighted by Crippen LogP contribution is -2.37. The molecule has 1 fully saturated rings. The Morgan fingerprint density at radius 1 is 1.47 bits per heavy atom. The maximum Gasteiger partial charge on any atom is 0.0580 e. The van der Waals surface area contributed by atoms with Gasteiger partial charge in [-0.05, 0) is 45.1 Å². The number of ether oxygens (including phenoxy) is 1. The van der Waals surface area contributed by atoms with Crippen molar-refractivity contribution in [2.45, 2.75) is 51.7 Å². The van der Waals surface area contributed by atoms with Gasteiger partial charge in [-0.25, -0.2) is 0 Å². The van der Waals surface area contributed by atoms with Crippen LogP contribution in [0, 0.1) is 5.92 Å². The monoisotopic (exact) mass is 211 g/mol. The van der Waals surface area contributed by atoms with Crippen LogP contribution in [0.1, 0.15) is 39.5 Å². The Bertz CT molecular complexity index is 175. The summed E-state index contributed by atoms with van der Waals surface area (Å²) in [6.45, 7) is 9.97. The summed E-state index contributed by atoms with van der Waals surface area (Å²) in [4.78, 5) is 0. The molecule has 0 aromatic rings. The lowest BCUT2D eigenvalue weighted by atomic mass is 9.77. The van der Waals surface area contributed by atoms with Crippen molar-refractivity contribution in [2.24, 2.45) is 5.92 Å². The van der Waals surface area contributed by atoms with Crippen LogP contribution >= 0.6 is 0 Å². The lowest BCUT2D eigenvalue weighted by molar-refractivity contribution is -0.0289. The van der Waals surface area contributed by atoms with Crippen molar-refractivity contribution in [3.63, 3.8) is 0 Å². The van der Waals surface area contributed by atoms with Gasteiger partial charge in [0.1, 0.15) is 0 Å². The highest BCUT2D eigenvalue weighted by Crippen LogP contribution is 2.33. The fourth-order valence-electron chi connectivity index (χ4n) is 2.39. The van der Waals surface area contributed by atoms with E-state index in [2.05, 4.69) is 25.7 Å². The SMILES string of the molecule is C=CCC(CC1CC(OCC)C1)NCC. The number of hydrogen-bond donors (Lipinski definition) is 1. The fraction of sp³-hybridized carbons (Fsp3) is 0.846. The first-order valence-electron chi connectivity index (χ1n) is 6.26. The van der Waals surface area contributed by atoms with E-state index in [-0.39, 0.29) is 0 Å². The van der Waals surface area contributed by atoms with Gasteiger partial charge in [0.15, 0.2) is 0 Å². The van der Waals surface area contributed by atoms with Crippen LogP contribution in [0.5, 0.6) is 0 Å². The van der Waals surface area contributed by atoms with E-state index in [1.165, 1.54) is 19.3 Å². The highest BCUT2D eigenvalue weighted by Gasteiger charge is 2.30. The molecule has 0 bridgehead atoms. The van der Waals surface area contributed by atoms with Gasteiger partial charge in [-0.15, -0.1) is 6.58 Å². The summed E-state index contributed by atoms with van der Waals surface area (Å²) < 4.78 is 5.57. The van der Waals surface area contributed by atoms with Crippen LogP contribution in [0.25, 0.3) is 0 Å². The van der Waals surface area contributed by atoms with Crippen molar-refractivity contribution < 1.29 is 4.74 Å². The van der Waals surface area contributed by atoms with Gasteiger partial charge < -0.3 is 10.1 Å². The predicted molar refractivity (Wildman–Crippen MR) is 65.0 cm³/mol. The molecule has 1 aliphatic carbocycles. The van der Waals surface area contributed by atoms with Gasteiger partial charge in [0.05, 0.1) is 6.10 Å². The summed E-state index contributed by atoms with van der Waals surface area (Å²) in [7, 11) is 0. The first kappa shape index (κ1) is 12.7. The average molecular weight is 211 g/mol. The zero-order valence-electron chi connectivity index (χ0n) is 10.2. The molecule has 1 aliphatic rings. The van der Waals surface area contributed by atoms with Crippen LogP contribution < -0.4 is 5.32 Å². The van der Waals surface area contributed by atoms with E-state index in [1.807, 2.05) is 6.08 Å². The molecule has 2 heteroatoms. The van der Waals surface area contributed by atoms with E-state index >= 15 is 0 Å². The molecule has 0 amide bonds. The normalized spacial score (nSPS) is 27.1. The number of hydrogen-bond acceptors (Lipinski definition) is 2. The third kappa shape index (κ3) is 4.35. The Hall–Kier alpha value is -0.340. The Balaban J connectivity index is 2.14. The predicted octanol–water partition coefficient (Wildman–Crippen LogP) is 2.75. The van der Waals surface area contributed by atoms with E-state index < -0.39 is 0 Å². The maximum atomic E-state index is 5.57. The molecule has 0 radical (unpaired) electrons. The maximum absolute atomic E-state index is 5.57. The molecular formula is C13H25NO. The molecule has 2 nitrogen and oxygen atoms in total. The van der Waals surface area contributed by atoms with Crippen molar-refractivity contribution in [2.75, 3.05) is 13.2 Å². The second kappa shape index (κ2) is 7.02. The van der Waals surface area contributed by atoms with E-state index in [9.17, 15) is 0 Å². The molecule has 1 rings (SSSR count). The Morgan fingerprint density at radius 2 is 2.20 bits per heavy atom. The van der Waals surface area contributed by atoms with Crippen molar-refractivity contribution in [3.05, 3.63) is 12.7 Å². The van der Waals surface area contributed by atoms with Crippen LogP contribution in [0.2, 0.25) is 0 Å². The molecular weight excluding hydrogens is 186 g/mol. The molecule has 1 saturated carbocycles. The summed E-state index contributed by atoms with van der Waals surface area (Å²) in [5.41, 5.74) is 0. The van der Waals surface area contributed by atoms with Crippen molar-refractivity contribution >= 4 is 0 Å². The van der Waals surface area contributed by atoms with E-state index in [0.29, 0.717) is 12.1 Å². The first-order valence-corrected chi connectivity index (χ1v) is 6.26. The van der Waals surface area contributed by atoms with Crippen molar-refractivity contribution in [1.82, 2.24) is 5.32 Å². The summed E-state index contributed by atoms with van der Waals surface area (Å²) in [6.07, 6.45) is 7.45. The third-order valence-electron chi connectivity index (χ3n) is 3.16. The highest BCUT2D eigenvalue weighted by atomic mass is 16.5. The molecule has 1 atom stereocenters. The summed E-state index contributed by atoms with van der Waals surface area (Å²) in [6, 6.07) is 0.625. The van der Waals surface area contributed by atoms with Crippen molar-refractivity contribution in [3.8, 4) is 0 Å². The Labute approximate surface area is 94.1 Å². The van der Waals surface area contributed by atoms with Crippen LogP contribution in [-0.2, 0) is 4.74 Å². The summed E-state index contributed by atoms with van der Waals surface area (Å²) in [5, 5.41) is 3.52. The molecule has 88 valence electrons. The number of nitrogens with one attached hydrogen (secondary N) is 1. The van der Waals surface area contributed by atoms with Crippen LogP contribution in [0.4, 0.5) is 0 Å². The molecule has 0 saturated heterocycles. The molecule has 1 N–H and O–H groups in total. The van der Waals surface area contributed by atoms with E-state index in [0.717, 1.165) is 25.5 Å². The summed E-state index contributed by atoms with van der Waals surface area (Å²) >= 11 is 0. The smallest absolute Gasteiger partial charge is 0.0580 e. The second-order valence-corrected chi connectivity index (χ2v) is 4.43. The zero-order valence-corrected chi connectivity index (χ0v) is 10.2. The molecule has 0 heterocycles. The third-order valence-corrected chi connectivity index (χ3v) is 3.16. The minimum Gasteiger partial charge on any atom is -0.378 e. The van der Waals surface area contributed by atoms with Crippen molar-refractivity contribution in [1.29, 1.82) is 0 Å². The Kier molecular flexibility index (Phi) is 5.96. The molecule has 1 unspecified atom stereocenters. The quantitative estimate of drug-likeness (QED) is 0.623. The van der Waals surface area contributed by atoms with Gasteiger partial charge in [-0.2, -0.15) is 0 Å². The molecule has 15 heavy (non-hydrogen) atoms. The minimum absolute atomic E-state index is 0.547. The highest BCUT2D eigenvalue weighted by molar-refractivity contribution is 4.86. The lowest BCUT2D eigenvalue weighted by Gasteiger charge is -2.37. The van der Waals surface area contributed by atoms with Gasteiger partial charge >= 0.3 is 0 Å². The van der Waals surface area contributed by atoms with Gasteiger partial charge in [0.25, 0.3) is 0 Å². The van der Waals surface area contributed by atoms with Gasteiger partial charge in [0.2, 0.25) is 0 Å². The largest absolute Gasteiger partial charge is 0.378 e. The molecule has 0 aliphatic heterocycles. The van der Waals surface area contributed by atoms with Gasteiger partial charge in [0, 0.05) is 12.6 Å². The topological polar surface area (TPSA) is 21.3 Å². The Morgan fingerprint density at radius 3 is 2.73 bits per heavy atom.